The summed E-state index contributed by atoms with van der Waals surface area (Å²) in [5.74, 6) is -0.235. The monoisotopic (exact) mass is 355 g/mol. The Balaban J connectivity index is 1.69. The second-order valence-corrected chi connectivity index (χ2v) is 5.73. The summed E-state index contributed by atoms with van der Waals surface area (Å²) in [7, 11) is 0. The lowest BCUT2D eigenvalue weighted by Gasteiger charge is -2.12. The van der Waals surface area contributed by atoms with Gasteiger partial charge in [-0.2, -0.15) is 0 Å². The number of carbonyl (C=O) groups excluding carboxylic acids is 1. The maximum atomic E-state index is 13.0. The highest BCUT2D eigenvalue weighted by atomic mass is 35.5. The fraction of sp³-hybridized carbons (Fsp3) is 0.0500. The Kier molecular flexibility index (Phi) is 5.31. The number of hydrogen-bond donors (Lipinski definition) is 1. The summed E-state index contributed by atoms with van der Waals surface area (Å²) in [6.07, 6.45) is 0. The van der Waals surface area contributed by atoms with Crippen LogP contribution in [0.4, 0.5) is 10.1 Å². The molecule has 3 aromatic rings. The van der Waals surface area contributed by atoms with Gasteiger partial charge in [-0.15, -0.1) is 0 Å². The van der Waals surface area contributed by atoms with Crippen molar-refractivity contribution >= 4 is 23.2 Å². The van der Waals surface area contributed by atoms with Crippen LogP contribution in [-0.2, 0) is 4.79 Å². The number of para-hydroxylation sites is 1. The van der Waals surface area contributed by atoms with Gasteiger partial charge in [-0.05, 0) is 29.8 Å². The zero-order valence-corrected chi connectivity index (χ0v) is 14.0. The van der Waals surface area contributed by atoms with E-state index in [1.807, 2.05) is 48.5 Å². The molecule has 1 N–H and O–H groups in total. The molecule has 25 heavy (non-hydrogen) atoms. The molecule has 1 amide bonds. The fourth-order valence-electron chi connectivity index (χ4n) is 2.37. The molecule has 0 unspecified atom stereocenters. The second kappa shape index (κ2) is 7.81. The van der Waals surface area contributed by atoms with Gasteiger partial charge in [-0.1, -0.05) is 60.1 Å². The van der Waals surface area contributed by atoms with E-state index in [0.717, 1.165) is 17.2 Å². The molecule has 0 aromatic heterocycles. The molecule has 126 valence electrons. The van der Waals surface area contributed by atoms with E-state index in [0.29, 0.717) is 11.4 Å². The molecule has 0 fully saturated rings. The lowest BCUT2D eigenvalue weighted by molar-refractivity contribution is -0.118. The maximum absolute atomic E-state index is 13.0. The van der Waals surface area contributed by atoms with Crippen molar-refractivity contribution in [3.8, 4) is 16.9 Å². The lowest BCUT2D eigenvalue weighted by Crippen LogP contribution is -2.20. The molecule has 3 nitrogen and oxygen atoms in total. The van der Waals surface area contributed by atoms with Crippen LogP contribution >= 0.6 is 11.6 Å². The minimum Gasteiger partial charge on any atom is -0.483 e. The number of rotatable bonds is 5. The molecule has 0 bridgehead atoms. The maximum Gasteiger partial charge on any atom is 0.262 e. The first-order valence-electron chi connectivity index (χ1n) is 7.65. The van der Waals surface area contributed by atoms with Gasteiger partial charge in [0.2, 0.25) is 0 Å². The number of nitrogens with one attached hydrogen (secondary N) is 1. The van der Waals surface area contributed by atoms with Crippen molar-refractivity contribution in [3.63, 3.8) is 0 Å². The molecule has 3 aromatic carbocycles. The lowest BCUT2D eigenvalue weighted by atomic mass is 10.1. The van der Waals surface area contributed by atoms with E-state index in [-0.39, 0.29) is 17.5 Å². The van der Waals surface area contributed by atoms with E-state index in [2.05, 4.69) is 5.32 Å². The van der Waals surface area contributed by atoms with Gasteiger partial charge in [-0.25, -0.2) is 4.39 Å². The molecular formula is C20H15ClFNO2. The summed E-state index contributed by atoms with van der Waals surface area (Å²) < 4.78 is 18.7. The highest BCUT2D eigenvalue weighted by Crippen LogP contribution is 2.29. The zero-order chi connectivity index (χ0) is 17.6. The minimum absolute atomic E-state index is 0.137. The van der Waals surface area contributed by atoms with E-state index < -0.39 is 5.82 Å². The predicted molar refractivity (Wildman–Crippen MR) is 97.4 cm³/mol. The largest absolute Gasteiger partial charge is 0.483 e. The SMILES string of the molecule is O=C(COc1ccccc1-c1ccccc1)Nc1ccc(F)cc1Cl. The second-order valence-electron chi connectivity index (χ2n) is 5.32. The summed E-state index contributed by atoms with van der Waals surface area (Å²) in [5, 5.41) is 2.74. The number of anilines is 1. The summed E-state index contributed by atoms with van der Waals surface area (Å²) in [6, 6.07) is 21.0. The van der Waals surface area contributed by atoms with Gasteiger partial charge in [-0.3, -0.25) is 4.79 Å². The van der Waals surface area contributed by atoms with Gasteiger partial charge < -0.3 is 10.1 Å². The van der Waals surface area contributed by atoms with Crippen LogP contribution in [0.1, 0.15) is 0 Å². The Hall–Kier alpha value is -2.85. The quantitative estimate of drug-likeness (QED) is 0.686. The van der Waals surface area contributed by atoms with Crippen molar-refractivity contribution in [3.05, 3.63) is 83.6 Å². The minimum atomic E-state index is -0.462. The number of benzene rings is 3. The number of ether oxygens (including phenoxy) is 1. The third-order valence-electron chi connectivity index (χ3n) is 3.54. The van der Waals surface area contributed by atoms with Crippen LogP contribution in [0.3, 0.4) is 0 Å². The van der Waals surface area contributed by atoms with Gasteiger partial charge in [0.25, 0.3) is 5.91 Å². The molecule has 0 spiro atoms. The number of hydrogen-bond acceptors (Lipinski definition) is 2. The van der Waals surface area contributed by atoms with Gasteiger partial charge in [0.05, 0.1) is 10.7 Å². The van der Waals surface area contributed by atoms with E-state index in [1.54, 1.807) is 6.07 Å². The molecule has 0 aliphatic rings. The van der Waals surface area contributed by atoms with Crippen molar-refractivity contribution < 1.29 is 13.9 Å². The van der Waals surface area contributed by atoms with Crippen molar-refractivity contribution in [2.45, 2.75) is 0 Å². The summed E-state index contributed by atoms with van der Waals surface area (Å²) in [5.41, 5.74) is 2.24. The molecule has 0 aliphatic heterocycles. The van der Waals surface area contributed by atoms with E-state index in [4.69, 9.17) is 16.3 Å². The van der Waals surface area contributed by atoms with Crippen molar-refractivity contribution in [1.29, 1.82) is 0 Å². The fourth-order valence-corrected chi connectivity index (χ4v) is 2.58. The number of halogens is 2. The molecule has 0 saturated heterocycles. The molecule has 0 heterocycles. The van der Waals surface area contributed by atoms with E-state index in [9.17, 15) is 9.18 Å². The van der Waals surface area contributed by atoms with Crippen LogP contribution in [-0.4, -0.2) is 12.5 Å². The zero-order valence-electron chi connectivity index (χ0n) is 13.2. The molecule has 0 aliphatic carbocycles. The van der Waals surface area contributed by atoms with Crippen LogP contribution in [0.2, 0.25) is 5.02 Å². The van der Waals surface area contributed by atoms with Gasteiger partial charge in [0.1, 0.15) is 11.6 Å². The predicted octanol–water partition coefficient (Wildman–Crippen LogP) is 5.16. The smallest absolute Gasteiger partial charge is 0.262 e. The number of amides is 1. The van der Waals surface area contributed by atoms with Crippen molar-refractivity contribution in [1.82, 2.24) is 0 Å². The first kappa shape index (κ1) is 17.0. The standard InChI is InChI=1S/C20H15ClFNO2/c21-17-12-15(22)10-11-18(17)23-20(24)13-25-19-9-5-4-8-16(19)14-6-2-1-3-7-14/h1-12H,13H2,(H,23,24). The Morgan fingerprint density at radius 3 is 2.48 bits per heavy atom. The molecule has 0 saturated carbocycles. The van der Waals surface area contributed by atoms with Crippen LogP contribution in [0, 0.1) is 5.82 Å². The average molecular weight is 356 g/mol. The normalized spacial score (nSPS) is 10.3. The highest BCUT2D eigenvalue weighted by molar-refractivity contribution is 6.33. The van der Waals surface area contributed by atoms with Crippen LogP contribution in [0.5, 0.6) is 5.75 Å². The third-order valence-corrected chi connectivity index (χ3v) is 3.85. The number of carbonyl (C=O) groups is 1. The molecule has 0 radical (unpaired) electrons. The first-order valence-corrected chi connectivity index (χ1v) is 8.03. The molecule has 5 heteroatoms. The van der Waals surface area contributed by atoms with Crippen LogP contribution in [0.15, 0.2) is 72.8 Å². The van der Waals surface area contributed by atoms with Gasteiger partial charge in [0, 0.05) is 5.56 Å². The summed E-state index contributed by atoms with van der Waals surface area (Å²) in [4.78, 5) is 12.1. The Labute approximate surface area is 150 Å². The molecule has 3 rings (SSSR count). The Morgan fingerprint density at radius 2 is 1.72 bits per heavy atom. The third kappa shape index (κ3) is 4.37. The highest BCUT2D eigenvalue weighted by Gasteiger charge is 2.10. The Bertz CT molecular complexity index is 884. The van der Waals surface area contributed by atoms with Crippen LogP contribution < -0.4 is 10.1 Å². The van der Waals surface area contributed by atoms with Crippen molar-refractivity contribution in [2.75, 3.05) is 11.9 Å². The van der Waals surface area contributed by atoms with Gasteiger partial charge >= 0.3 is 0 Å². The molecular weight excluding hydrogens is 341 g/mol. The van der Waals surface area contributed by atoms with Crippen LogP contribution in [0.25, 0.3) is 11.1 Å². The average Bonchev–Trinajstić information content (AvgIpc) is 2.63. The Morgan fingerprint density at radius 1 is 1.00 bits per heavy atom. The topological polar surface area (TPSA) is 38.3 Å². The van der Waals surface area contributed by atoms with E-state index in [1.165, 1.54) is 12.1 Å². The van der Waals surface area contributed by atoms with Gasteiger partial charge in [0.15, 0.2) is 6.61 Å². The first-order chi connectivity index (χ1) is 12.1. The van der Waals surface area contributed by atoms with E-state index >= 15 is 0 Å². The summed E-state index contributed by atoms with van der Waals surface area (Å²) in [6.45, 7) is -0.183. The summed E-state index contributed by atoms with van der Waals surface area (Å²) >= 11 is 5.90. The molecule has 0 atom stereocenters. The van der Waals surface area contributed by atoms with Crippen molar-refractivity contribution in [2.24, 2.45) is 0 Å².